The van der Waals surface area contributed by atoms with E-state index in [4.69, 9.17) is 37.6 Å². The van der Waals surface area contributed by atoms with E-state index in [1.54, 1.807) is 80.5 Å². The number of ketones is 3. The molecule has 17 rings (SSSR count). The molecule has 3 aliphatic heterocycles. The molecule has 6 aromatic heterocycles. The highest BCUT2D eigenvalue weighted by molar-refractivity contribution is 6.74. The van der Waals surface area contributed by atoms with Crippen molar-refractivity contribution in [3.8, 4) is 79.8 Å². The number of nitrogens with zero attached hydrogens (tertiary/aromatic N) is 8. The lowest BCUT2D eigenvalue weighted by Crippen LogP contribution is -2.52. The highest BCUT2D eigenvalue weighted by Gasteiger charge is 2.43. The Kier molecular flexibility index (Phi) is 31.4. The molecule has 3 saturated heterocycles. The van der Waals surface area contributed by atoms with Crippen LogP contribution in [0.3, 0.4) is 0 Å². The van der Waals surface area contributed by atoms with E-state index in [1.165, 1.54) is 75.2 Å². The van der Waals surface area contributed by atoms with Crippen molar-refractivity contribution >= 4 is 42.6 Å². The van der Waals surface area contributed by atoms with Crippen LogP contribution in [0.25, 0.3) is 50.7 Å². The topological polar surface area (TPSA) is 265 Å². The van der Waals surface area contributed by atoms with Gasteiger partial charge in [0.05, 0.1) is 88.5 Å². The Morgan fingerprint density at radius 3 is 1.25 bits per heavy atom. The van der Waals surface area contributed by atoms with Gasteiger partial charge in [0, 0.05) is 143 Å². The van der Waals surface area contributed by atoms with Gasteiger partial charge < -0.3 is 63.0 Å². The average molecular weight is 1820 g/mol. The van der Waals surface area contributed by atoms with E-state index >= 15 is 0 Å². The Labute approximate surface area is 752 Å². The number of Topliss-reactive ketones (excluding diaryl/α,β-unsaturated/α-hetero) is 3. The summed E-state index contributed by atoms with van der Waals surface area (Å²) in [4.78, 5) is 56.4. The second-order valence-electron chi connectivity index (χ2n) is 35.8. The number of nitrogens with one attached hydrogen (secondary N) is 1. The number of hydrogen-bond acceptors (Lipinski definition) is 21. The molecule has 694 valence electrons. The number of carbonyl (C=O) groups excluding carboxylic acids is 3. The van der Waals surface area contributed by atoms with Crippen molar-refractivity contribution in [3.63, 3.8) is 0 Å². The van der Waals surface area contributed by atoms with Crippen molar-refractivity contribution in [1.29, 1.82) is 0 Å². The second kappa shape index (κ2) is 42.9. The Balaban J connectivity index is 0.000000144. The number of halogens is 7. The maximum absolute atomic E-state index is 13.4. The summed E-state index contributed by atoms with van der Waals surface area (Å²) in [6.45, 7) is 9.92. The molecule has 3 aliphatic carbocycles. The van der Waals surface area contributed by atoms with Crippen molar-refractivity contribution in [2.24, 2.45) is 35.5 Å². The molecule has 6 fully saturated rings. The molecule has 32 heteroatoms. The maximum Gasteiger partial charge on any atom is 0.387 e. The van der Waals surface area contributed by atoms with Crippen LogP contribution in [-0.4, -0.2) is 198 Å². The fraction of sp³-hybridized carbons (Fsp3) is 0.449. The van der Waals surface area contributed by atoms with E-state index in [0.717, 1.165) is 90.8 Å². The Morgan fingerprint density at radius 2 is 0.862 bits per heavy atom. The zero-order valence-corrected chi connectivity index (χ0v) is 75.3. The molecule has 0 spiro atoms. The molecule has 0 bridgehead atoms. The molecule has 5 aromatic carbocycles. The van der Waals surface area contributed by atoms with Gasteiger partial charge in [-0.05, 0) is 166 Å². The molecule has 4 N–H and O–H groups in total. The molecular weight excluding hydrogens is 1700 g/mol. The van der Waals surface area contributed by atoms with Crippen LogP contribution in [0.2, 0.25) is 18.1 Å². The first kappa shape index (κ1) is 95.1. The van der Waals surface area contributed by atoms with Crippen LogP contribution < -0.4 is 43.2 Å². The largest absolute Gasteiger partial charge is 0.496 e. The van der Waals surface area contributed by atoms with Crippen LogP contribution in [0.1, 0.15) is 140 Å². The van der Waals surface area contributed by atoms with Crippen LogP contribution in [0.15, 0.2) is 171 Å². The van der Waals surface area contributed by atoms with Gasteiger partial charge in [-0.25, -0.2) is 19.3 Å². The van der Waals surface area contributed by atoms with Gasteiger partial charge in [0.25, 0.3) is 0 Å². The maximum atomic E-state index is 13.4. The number of carbonyl (C=O) groups is 3. The van der Waals surface area contributed by atoms with Crippen molar-refractivity contribution < 1.29 is 103 Å². The smallest absolute Gasteiger partial charge is 0.387 e. The van der Waals surface area contributed by atoms with Crippen molar-refractivity contribution in [1.82, 2.24) is 43.3 Å². The average Bonchev–Trinajstić information content (AvgIpc) is 1.56. The van der Waals surface area contributed by atoms with Crippen LogP contribution in [0.4, 0.5) is 30.7 Å². The van der Waals surface area contributed by atoms with Gasteiger partial charge in [0.1, 0.15) is 85.4 Å². The van der Waals surface area contributed by atoms with Crippen molar-refractivity contribution in [3.05, 3.63) is 204 Å². The van der Waals surface area contributed by atoms with Gasteiger partial charge in [-0.3, -0.25) is 37.4 Å². The highest BCUT2D eigenvalue weighted by Crippen LogP contribution is 2.46. The molecular formula is C98H114F7N9O15Si. The van der Waals surface area contributed by atoms with Gasteiger partial charge in [-0.2, -0.15) is 26.3 Å². The molecule has 6 aliphatic rings. The molecule has 3 saturated carbocycles. The minimum absolute atomic E-state index is 0.00661. The lowest BCUT2D eigenvalue weighted by Gasteiger charge is -2.45. The number of imidazole rings is 3. The van der Waals surface area contributed by atoms with Gasteiger partial charge in [0.15, 0.2) is 25.7 Å². The Morgan fingerprint density at radius 1 is 0.485 bits per heavy atom. The number of methoxy groups -OCH3 is 3. The first-order valence-electron chi connectivity index (χ1n) is 44.3. The van der Waals surface area contributed by atoms with Gasteiger partial charge in [-0.1, -0.05) is 81.4 Å². The molecule has 11 aromatic rings. The summed E-state index contributed by atoms with van der Waals surface area (Å²) in [5, 5.41) is 34.1. The van der Waals surface area contributed by atoms with E-state index in [0.29, 0.717) is 94.8 Å². The van der Waals surface area contributed by atoms with E-state index in [1.807, 2.05) is 18.2 Å². The molecule has 0 unspecified atom stereocenters. The third kappa shape index (κ3) is 24.6. The van der Waals surface area contributed by atoms with Crippen LogP contribution in [0.5, 0.6) is 46.0 Å². The number of benzene rings is 5. The highest BCUT2D eigenvalue weighted by atomic mass is 28.4. The first-order chi connectivity index (χ1) is 62.5. The summed E-state index contributed by atoms with van der Waals surface area (Å²) in [5.41, 5.74) is 7.44. The summed E-state index contributed by atoms with van der Waals surface area (Å²) >= 11 is 0. The fourth-order valence-corrected chi connectivity index (χ4v) is 18.0. The third-order valence-corrected chi connectivity index (χ3v) is 29.7. The number of fused-ring (bicyclic) bond motifs is 3. The molecule has 130 heavy (non-hydrogen) atoms. The van der Waals surface area contributed by atoms with E-state index in [-0.39, 0.29) is 141 Å². The van der Waals surface area contributed by atoms with Gasteiger partial charge in [0.2, 0.25) is 0 Å². The van der Waals surface area contributed by atoms with Crippen LogP contribution in [0, 0.1) is 41.3 Å². The number of ether oxygens (including phenoxy) is 8. The zero-order valence-electron chi connectivity index (χ0n) is 74.3. The zero-order chi connectivity index (χ0) is 92.1. The number of likely N-dealkylation sites (tertiary alicyclic amines) is 2. The van der Waals surface area contributed by atoms with Gasteiger partial charge >= 0.3 is 19.8 Å². The number of hydrogen-bond donors (Lipinski definition) is 4. The number of aliphatic hydroxyl groups excluding tert-OH is 3. The molecule has 0 amide bonds. The summed E-state index contributed by atoms with van der Waals surface area (Å²) in [7, 11) is 2.39. The number of aromatic nitrogens is 6. The number of piperidine rings is 3. The monoisotopic (exact) mass is 1820 g/mol. The van der Waals surface area contributed by atoms with E-state index in [9.17, 15) is 60.4 Å². The quantitative estimate of drug-likeness (QED) is 0.0166. The Hall–Kier alpha value is -11.0. The van der Waals surface area contributed by atoms with Crippen molar-refractivity contribution in [2.75, 3.05) is 80.4 Å². The fourth-order valence-electron chi connectivity index (χ4n) is 16.5. The number of aliphatic hydroxyl groups is 3. The van der Waals surface area contributed by atoms with E-state index in [2.05, 4.69) is 111 Å². The predicted molar refractivity (Wildman–Crippen MR) is 479 cm³/mol. The third-order valence-electron chi connectivity index (χ3n) is 25.2. The van der Waals surface area contributed by atoms with Crippen molar-refractivity contribution in [2.45, 2.75) is 167 Å². The normalized spacial score (nSPS) is 19.1. The lowest BCUT2D eigenvalue weighted by atomic mass is 9.95. The molecule has 0 radical (unpaired) electrons. The summed E-state index contributed by atoms with van der Waals surface area (Å²) in [6.07, 6.45) is 18.1. The SMILES string of the molecule is CC(C)(C)[Si](C)(C)O[C@H]1CCN(Cc2ccccc2)C[C@@H]1CO.COc1cc(-c2cnc3cc(F)ccn23)cc(OC(F)F)c1C(=O)CC1CC1.COc1cc(-c2cnc3cc(OC[C@H]4CN(Cc5ccccc5)CC[C@@H]4O)ccn23)cc(OC(F)F)c1C(=O)CC1CC1.COc1cc(-c2cnc3cc(OC[C@H]4CNCC[C@@H]4O)ccn23)cc(OC(F)F)c1C(=O)CC1CC1. The number of rotatable bonds is 34. The van der Waals surface area contributed by atoms with Crippen LogP contribution in [-0.2, 0) is 17.5 Å². The lowest BCUT2D eigenvalue weighted by molar-refractivity contribution is -0.0509. The first-order valence-corrected chi connectivity index (χ1v) is 47.2. The molecule has 6 atom stereocenters. The summed E-state index contributed by atoms with van der Waals surface area (Å²) in [5.74, 6) is 0.841. The van der Waals surface area contributed by atoms with Gasteiger partial charge in [-0.15, -0.1) is 0 Å². The number of pyridine rings is 3. The second-order valence-corrected chi connectivity index (χ2v) is 40.6. The molecule has 24 nitrogen and oxygen atoms in total. The minimum Gasteiger partial charge on any atom is -0.496 e. The van der Waals surface area contributed by atoms with E-state index < -0.39 is 46.2 Å². The minimum atomic E-state index is -3.09. The summed E-state index contributed by atoms with van der Waals surface area (Å²) in [6, 6.07) is 39.6. The van der Waals surface area contributed by atoms with Crippen LogP contribution >= 0.6 is 0 Å². The Bertz CT molecular complexity index is 5670. The standard InChI is InChI=1S/C33H35F2N3O5.C26H29F2N3O5.C20H17F3N2O3.C19H33NO2Si/c1-41-29-14-23(15-30(43-33(34)35)32(29)28(40)13-21-7-8-21)26-17-36-31-16-25(9-12-38(26)31)42-20-24-19-37(11-10-27(24)39)18-22-5-3-2-4-6-22;1-34-22-9-16(10-23(36-26(27)28)25(22)21(33)8-15-2-3-15)19-13-30-24-11-18(5-7-31(19)24)35-14-17-12-29-6-4-20(17)32;1-27-16-7-12(14-10-24-18-9-13(21)4-5-25(14)18)8-17(28-20(22)23)19(16)15(26)6-11-2-3-11;1-19(2,3)23(4,5)22-18-11-12-20(14-17(18)15-21)13-16-9-7-6-8-10-16/h2-6,9,12,14-17,21,24,27,33,39H,7-8,10-11,13,18-20H2,1H3;5,7,9-11,13,15,17,20,26,29,32H,2-4,6,8,12,14H2,1H3;4-5,7-11,20H,2-3,6H2,1H3;6-10,17-18,21H,11-15H2,1-5H3/t24-,27+;17-,20+;;17-,18+/m11.1/s1. The predicted octanol–water partition coefficient (Wildman–Crippen LogP) is 18.4. The molecule has 9 heterocycles. The number of alkyl halides is 6. The summed E-state index contributed by atoms with van der Waals surface area (Å²) < 4.78 is 147.